The van der Waals surface area contributed by atoms with Crippen molar-refractivity contribution in [1.82, 2.24) is 0 Å². The van der Waals surface area contributed by atoms with Gasteiger partial charge >= 0.3 is 0 Å². The molecule has 4 atom stereocenters. The van der Waals surface area contributed by atoms with Crippen LogP contribution in [0.25, 0.3) is 0 Å². The second-order valence-electron chi connectivity index (χ2n) is 3.05. The third-order valence-corrected chi connectivity index (χ3v) is 2.75. The summed E-state index contributed by atoms with van der Waals surface area (Å²) in [6.45, 7) is 0. The summed E-state index contributed by atoms with van der Waals surface area (Å²) in [5.41, 5.74) is 4.57. The maximum atomic E-state index is 12.5. The van der Waals surface area contributed by atoms with Crippen LogP contribution in [0.2, 0.25) is 0 Å². The van der Waals surface area contributed by atoms with Crippen LogP contribution >= 0.6 is 12.4 Å². The van der Waals surface area contributed by atoms with Gasteiger partial charge in [-0.25, -0.2) is 8.78 Å². The average molecular weight is 170 g/mol. The SMILES string of the molecule is Cl.NC1C(F)C12CCC2F. The monoisotopic (exact) mass is 169 g/mol. The number of alkyl halides is 2. The Morgan fingerprint density at radius 3 is 1.90 bits per heavy atom. The molecule has 2 saturated carbocycles. The van der Waals surface area contributed by atoms with Gasteiger partial charge in [0.1, 0.15) is 12.3 Å². The molecule has 60 valence electrons. The Bertz CT molecular complexity index is 136. The molecule has 2 aliphatic carbocycles. The van der Waals surface area contributed by atoms with Crippen molar-refractivity contribution in [3.05, 3.63) is 0 Å². The predicted octanol–water partition coefficient (Wildman–Crippen LogP) is 1.21. The molecule has 2 fully saturated rings. The van der Waals surface area contributed by atoms with Crippen LogP contribution in [-0.4, -0.2) is 18.4 Å². The van der Waals surface area contributed by atoms with E-state index >= 15 is 0 Å². The molecule has 0 aromatic heterocycles. The summed E-state index contributed by atoms with van der Waals surface area (Å²) in [5.74, 6) is 0. The molecule has 0 saturated heterocycles. The maximum Gasteiger partial charge on any atom is 0.126 e. The van der Waals surface area contributed by atoms with Crippen molar-refractivity contribution >= 4 is 12.4 Å². The van der Waals surface area contributed by atoms with E-state index in [1.807, 2.05) is 0 Å². The molecule has 2 rings (SSSR count). The van der Waals surface area contributed by atoms with E-state index in [4.69, 9.17) is 5.73 Å². The molecule has 1 nitrogen and oxygen atoms in total. The third-order valence-electron chi connectivity index (χ3n) is 2.75. The molecule has 0 aromatic rings. The first-order valence-electron chi connectivity index (χ1n) is 3.23. The zero-order chi connectivity index (χ0) is 6.65. The lowest BCUT2D eigenvalue weighted by molar-refractivity contribution is 0.0646. The van der Waals surface area contributed by atoms with E-state index in [0.29, 0.717) is 12.8 Å². The summed E-state index contributed by atoms with van der Waals surface area (Å²) < 4.78 is 25.0. The summed E-state index contributed by atoms with van der Waals surface area (Å²) in [4.78, 5) is 0. The highest BCUT2D eigenvalue weighted by Crippen LogP contribution is 2.62. The maximum absolute atomic E-state index is 12.5. The minimum atomic E-state index is -1.05. The van der Waals surface area contributed by atoms with Gasteiger partial charge in [-0.05, 0) is 12.8 Å². The fourth-order valence-electron chi connectivity index (χ4n) is 1.71. The third kappa shape index (κ3) is 0.601. The summed E-state index contributed by atoms with van der Waals surface area (Å²) in [6, 6.07) is -0.499. The Balaban J connectivity index is 0.000000500. The fraction of sp³-hybridized carbons (Fsp3) is 1.00. The molecule has 0 amide bonds. The first kappa shape index (κ1) is 8.21. The zero-order valence-electron chi connectivity index (χ0n) is 5.39. The lowest BCUT2D eigenvalue weighted by Crippen LogP contribution is -2.35. The smallest absolute Gasteiger partial charge is 0.126 e. The van der Waals surface area contributed by atoms with E-state index in [0.717, 1.165) is 0 Å². The van der Waals surface area contributed by atoms with Crippen LogP contribution in [0, 0.1) is 5.41 Å². The standard InChI is InChI=1S/C6H9F2N.ClH/c7-3-1-2-6(3)4(8)5(6)9;/h3-5H,1-2,9H2;1H. The van der Waals surface area contributed by atoms with Crippen LogP contribution in [0.5, 0.6) is 0 Å². The van der Waals surface area contributed by atoms with Crippen LogP contribution in [0.15, 0.2) is 0 Å². The van der Waals surface area contributed by atoms with Gasteiger partial charge in [0.15, 0.2) is 0 Å². The van der Waals surface area contributed by atoms with Gasteiger partial charge in [-0.1, -0.05) is 0 Å². The molecular formula is C6H10ClF2N. The predicted molar refractivity (Wildman–Crippen MR) is 36.7 cm³/mol. The topological polar surface area (TPSA) is 26.0 Å². The Kier molecular flexibility index (Phi) is 1.68. The van der Waals surface area contributed by atoms with Crippen LogP contribution in [-0.2, 0) is 0 Å². The molecule has 0 aromatic carbocycles. The molecule has 0 bridgehead atoms. The van der Waals surface area contributed by atoms with Gasteiger partial charge in [0.05, 0.1) is 5.41 Å². The van der Waals surface area contributed by atoms with E-state index in [9.17, 15) is 8.78 Å². The highest BCUT2D eigenvalue weighted by atomic mass is 35.5. The molecule has 0 aliphatic heterocycles. The van der Waals surface area contributed by atoms with Crippen molar-refractivity contribution in [2.24, 2.45) is 11.1 Å². The average Bonchev–Trinajstić information content (AvgIpc) is 2.36. The fourth-order valence-corrected chi connectivity index (χ4v) is 1.71. The molecular weight excluding hydrogens is 160 g/mol. The largest absolute Gasteiger partial charge is 0.325 e. The number of halogens is 3. The van der Waals surface area contributed by atoms with Gasteiger partial charge in [0, 0.05) is 6.04 Å². The molecule has 1 spiro atoms. The highest BCUT2D eigenvalue weighted by Gasteiger charge is 2.73. The number of nitrogens with two attached hydrogens (primary N) is 1. The van der Waals surface area contributed by atoms with Crippen molar-refractivity contribution in [3.63, 3.8) is 0 Å². The second kappa shape index (κ2) is 2.05. The second-order valence-corrected chi connectivity index (χ2v) is 3.05. The van der Waals surface area contributed by atoms with Gasteiger partial charge in [-0.3, -0.25) is 0 Å². The summed E-state index contributed by atoms with van der Waals surface area (Å²) in [6.07, 6.45) is -0.853. The Morgan fingerprint density at radius 2 is 1.90 bits per heavy atom. The number of hydrogen-bond donors (Lipinski definition) is 1. The Morgan fingerprint density at radius 1 is 1.40 bits per heavy atom. The molecule has 2 N–H and O–H groups in total. The molecule has 2 aliphatic rings. The molecule has 4 heteroatoms. The van der Waals surface area contributed by atoms with Crippen LogP contribution in [0.1, 0.15) is 12.8 Å². The Hall–Kier alpha value is 0.110. The normalized spacial score (nSPS) is 57.3. The minimum absolute atomic E-state index is 0. The summed E-state index contributed by atoms with van der Waals surface area (Å²) in [5, 5.41) is 0. The van der Waals surface area contributed by atoms with Crippen LogP contribution < -0.4 is 5.73 Å². The van der Waals surface area contributed by atoms with E-state index < -0.39 is 23.8 Å². The molecule has 0 radical (unpaired) electrons. The van der Waals surface area contributed by atoms with Gasteiger partial charge in [-0.2, -0.15) is 0 Å². The first-order chi connectivity index (χ1) is 4.19. The van der Waals surface area contributed by atoms with Gasteiger partial charge in [0.25, 0.3) is 0 Å². The van der Waals surface area contributed by atoms with Gasteiger partial charge < -0.3 is 5.73 Å². The van der Waals surface area contributed by atoms with Crippen molar-refractivity contribution < 1.29 is 8.78 Å². The van der Waals surface area contributed by atoms with Crippen molar-refractivity contribution in [1.29, 1.82) is 0 Å². The molecule has 0 heterocycles. The first-order valence-corrected chi connectivity index (χ1v) is 3.23. The lowest BCUT2D eigenvalue weighted by atomic mass is 9.79. The molecule has 10 heavy (non-hydrogen) atoms. The van der Waals surface area contributed by atoms with E-state index in [2.05, 4.69) is 0 Å². The zero-order valence-corrected chi connectivity index (χ0v) is 6.20. The number of hydrogen-bond acceptors (Lipinski definition) is 1. The quantitative estimate of drug-likeness (QED) is 0.580. The van der Waals surface area contributed by atoms with Crippen molar-refractivity contribution in [2.75, 3.05) is 0 Å². The Labute approximate surface area is 64.4 Å². The van der Waals surface area contributed by atoms with Gasteiger partial charge in [-0.15, -0.1) is 12.4 Å². The van der Waals surface area contributed by atoms with Gasteiger partial charge in [0.2, 0.25) is 0 Å². The van der Waals surface area contributed by atoms with E-state index in [1.165, 1.54) is 0 Å². The van der Waals surface area contributed by atoms with Crippen LogP contribution in [0.4, 0.5) is 8.78 Å². The summed E-state index contributed by atoms with van der Waals surface area (Å²) >= 11 is 0. The van der Waals surface area contributed by atoms with Crippen LogP contribution in [0.3, 0.4) is 0 Å². The highest BCUT2D eigenvalue weighted by molar-refractivity contribution is 5.85. The van der Waals surface area contributed by atoms with E-state index in [1.54, 1.807) is 0 Å². The lowest BCUT2D eigenvalue weighted by Gasteiger charge is -2.30. The van der Waals surface area contributed by atoms with Crippen molar-refractivity contribution in [2.45, 2.75) is 31.2 Å². The number of rotatable bonds is 0. The van der Waals surface area contributed by atoms with Crippen molar-refractivity contribution in [3.8, 4) is 0 Å². The molecule has 4 unspecified atom stereocenters. The minimum Gasteiger partial charge on any atom is -0.325 e. The van der Waals surface area contributed by atoms with E-state index in [-0.39, 0.29) is 12.4 Å². The summed E-state index contributed by atoms with van der Waals surface area (Å²) in [7, 11) is 0.